The lowest BCUT2D eigenvalue weighted by Crippen LogP contribution is -2.43. The van der Waals surface area contributed by atoms with Crippen molar-refractivity contribution in [3.63, 3.8) is 0 Å². The molecule has 106 valence electrons. The zero-order valence-corrected chi connectivity index (χ0v) is 11.6. The highest BCUT2D eigenvalue weighted by atomic mass is 16.3. The van der Waals surface area contributed by atoms with E-state index in [-0.39, 0.29) is 29.5 Å². The van der Waals surface area contributed by atoms with Crippen molar-refractivity contribution in [2.45, 2.75) is 39.3 Å². The molecule has 0 aliphatic carbocycles. The summed E-state index contributed by atoms with van der Waals surface area (Å²) in [5.41, 5.74) is 0.565. The van der Waals surface area contributed by atoms with Crippen LogP contribution in [0, 0.1) is 0 Å². The smallest absolute Gasteiger partial charge is 0.236 e. The lowest BCUT2D eigenvalue weighted by Gasteiger charge is -2.20. The van der Waals surface area contributed by atoms with Crippen molar-refractivity contribution in [3.8, 4) is 11.5 Å². The highest BCUT2D eigenvalue weighted by molar-refractivity contribution is 5.81. The van der Waals surface area contributed by atoms with Gasteiger partial charge in [-0.3, -0.25) is 10.1 Å². The third-order valence-electron chi connectivity index (χ3n) is 2.92. The van der Waals surface area contributed by atoms with Crippen molar-refractivity contribution in [2.24, 2.45) is 0 Å². The quantitative estimate of drug-likeness (QED) is 0.590. The molecule has 5 nitrogen and oxygen atoms in total. The van der Waals surface area contributed by atoms with Gasteiger partial charge in [-0.05, 0) is 38.5 Å². The lowest BCUT2D eigenvalue weighted by molar-refractivity contribution is -0.122. The first kappa shape index (κ1) is 15.3. The number of hydrogen-bond acceptors (Lipinski definition) is 4. The molecule has 0 saturated heterocycles. The van der Waals surface area contributed by atoms with E-state index in [9.17, 15) is 15.0 Å². The van der Waals surface area contributed by atoms with Crippen molar-refractivity contribution in [1.29, 1.82) is 0 Å². The first-order valence-corrected chi connectivity index (χ1v) is 6.51. The summed E-state index contributed by atoms with van der Waals surface area (Å²) >= 11 is 0. The van der Waals surface area contributed by atoms with E-state index in [4.69, 9.17) is 0 Å². The molecular formula is C14H22N2O3. The Morgan fingerprint density at radius 3 is 2.63 bits per heavy atom. The highest BCUT2D eigenvalue weighted by Gasteiger charge is 2.18. The summed E-state index contributed by atoms with van der Waals surface area (Å²) < 4.78 is 0. The summed E-state index contributed by atoms with van der Waals surface area (Å²) in [6, 6.07) is 3.73. The molecule has 1 rings (SSSR count). The first-order chi connectivity index (χ1) is 8.95. The minimum Gasteiger partial charge on any atom is -0.508 e. The number of amides is 1. The zero-order chi connectivity index (χ0) is 14.4. The number of phenols is 2. The van der Waals surface area contributed by atoms with E-state index in [1.807, 2.05) is 13.8 Å². The summed E-state index contributed by atoms with van der Waals surface area (Å²) in [5.74, 6) is 0.108. The van der Waals surface area contributed by atoms with Crippen LogP contribution in [0.3, 0.4) is 0 Å². The Morgan fingerprint density at radius 1 is 1.32 bits per heavy atom. The number of benzene rings is 1. The number of hydrogen-bond donors (Lipinski definition) is 4. The van der Waals surface area contributed by atoms with Crippen LogP contribution in [0.4, 0.5) is 0 Å². The summed E-state index contributed by atoms with van der Waals surface area (Å²) in [6.07, 6.45) is 0.890. The third kappa shape index (κ3) is 4.44. The van der Waals surface area contributed by atoms with Crippen LogP contribution in [0.15, 0.2) is 18.2 Å². The summed E-state index contributed by atoms with van der Waals surface area (Å²) in [6.45, 7) is 6.24. The Labute approximate surface area is 113 Å². The molecule has 0 aromatic heterocycles. The van der Waals surface area contributed by atoms with Crippen LogP contribution in [0.25, 0.3) is 0 Å². The van der Waals surface area contributed by atoms with Crippen molar-refractivity contribution in [3.05, 3.63) is 23.8 Å². The van der Waals surface area contributed by atoms with Gasteiger partial charge in [0.25, 0.3) is 0 Å². The Morgan fingerprint density at radius 2 is 2.00 bits per heavy atom. The summed E-state index contributed by atoms with van der Waals surface area (Å²) in [5, 5.41) is 25.1. The van der Waals surface area contributed by atoms with Gasteiger partial charge in [0.2, 0.25) is 5.91 Å². The number of carbonyl (C=O) groups excluding carboxylic acids is 1. The Kier molecular flexibility index (Phi) is 5.63. The second kappa shape index (κ2) is 6.99. The number of carbonyl (C=O) groups is 1. The average Bonchev–Trinajstić information content (AvgIpc) is 2.38. The fourth-order valence-electron chi connectivity index (χ4n) is 1.83. The highest BCUT2D eigenvalue weighted by Crippen LogP contribution is 2.27. The maximum absolute atomic E-state index is 11.7. The third-order valence-corrected chi connectivity index (χ3v) is 2.92. The zero-order valence-electron chi connectivity index (χ0n) is 11.6. The van der Waals surface area contributed by atoms with Gasteiger partial charge in [0.05, 0.1) is 6.04 Å². The molecule has 5 heteroatoms. The summed E-state index contributed by atoms with van der Waals surface area (Å²) in [7, 11) is 0. The van der Waals surface area contributed by atoms with Crippen molar-refractivity contribution in [2.75, 3.05) is 6.54 Å². The maximum atomic E-state index is 11.7. The van der Waals surface area contributed by atoms with E-state index in [2.05, 4.69) is 10.6 Å². The molecule has 19 heavy (non-hydrogen) atoms. The van der Waals surface area contributed by atoms with Crippen molar-refractivity contribution < 1.29 is 15.0 Å². The molecule has 2 unspecified atom stereocenters. The second-order valence-electron chi connectivity index (χ2n) is 4.64. The van der Waals surface area contributed by atoms with Gasteiger partial charge in [-0.15, -0.1) is 0 Å². The second-order valence-corrected chi connectivity index (χ2v) is 4.64. The van der Waals surface area contributed by atoms with E-state index < -0.39 is 0 Å². The number of nitrogens with one attached hydrogen (secondary N) is 2. The molecule has 0 aliphatic rings. The van der Waals surface area contributed by atoms with Gasteiger partial charge >= 0.3 is 0 Å². The van der Waals surface area contributed by atoms with Crippen LogP contribution in [-0.4, -0.2) is 28.7 Å². The monoisotopic (exact) mass is 266 g/mol. The Balaban J connectivity index is 2.65. The fraction of sp³-hybridized carbons (Fsp3) is 0.500. The molecular weight excluding hydrogens is 244 g/mol. The normalized spacial score (nSPS) is 13.8. The molecule has 0 fully saturated rings. The number of aromatic hydroxyl groups is 2. The molecule has 2 atom stereocenters. The molecule has 0 spiro atoms. The molecule has 1 amide bonds. The lowest BCUT2D eigenvalue weighted by atomic mass is 10.1. The SMILES string of the molecule is CCCNC(=O)C(C)NC(C)c1cc(O)ccc1O. The van der Waals surface area contributed by atoms with Gasteiger partial charge in [0.15, 0.2) is 0 Å². The Hall–Kier alpha value is -1.75. The number of phenolic OH excluding ortho intramolecular Hbond substituents is 2. The molecule has 0 bridgehead atoms. The van der Waals surface area contributed by atoms with Gasteiger partial charge < -0.3 is 15.5 Å². The molecule has 0 saturated carbocycles. The van der Waals surface area contributed by atoms with Crippen molar-refractivity contribution in [1.82, 2.24) is 10.6 Å². The van der Waals surface area contributed by atoms with Gasteiger partial charge in [-0.2, -0.15) is 0 Å². The average molecular weight is 266 g/mol. The van der Waals surface area contributed by atoms with Gasteiger partial charge in [-0.25, -0.2) is 0 Å². The van der Waals surface area contributed by atoms with Crippen LogP contribution in [0.1, 0.15) is 38.8 Å². The summed E-state index contributed by atoms with van der Waals surface area (Å²) in [4.78, 5) is 11.7. The van der Waals surface area contributed by atoms with E-state index in [0.29, 0.717) is 12.1 Å². The Bertz CT molecular complexity index is 435. The first-order valence-electron chi connectivity index (χ1n) is 6.51. The van der Waals surface area contributed by atoms with Gasteiger partial charge in [-0.1, -0.05) is 6.92 Å². The molecule has 0 heterocycles. The molecule has 4 N–H and O–H groups in total. The maximum Gasteiger partial charge on any atom is 0.236 e. The fourth-order valence-corrected chi connectivity index (χ4v) is 1.83. The minimum absolute atomic E-state index is 0.0756. The van der Waals surface area contributed by atoms with Crippen LogP contribution in [0.5, 0.6) is 11.5 Å². The largest absolute Gasteiger partial charge is 0.508 e. The molecule has 1 aromatic carbocycles. The van der Waals surface area contributed by atoms with E-state index in [1.54, 1.807) is 6.92 Å². The topological polar surface area (TPSA) is 81.6 Å². The molecule has 0 aliphatic heterocycles. The van der Waals surface area contributed by atoms with E-state index in [0.717, 1.165) is 6.42 Å². The molecule has 0 radical (unpaired) electrons. The predicted molar refractivity (Wildman–Crippen MR) is 74.1 cm³/mol. The standard InChI is InChI=1S/C14H22N2O3/c1-4-7-15-14(19)10(3)16-9(2)12-8-11(17)5-6-13(12)18/h5-6,8-10,16-18H,4,7H2,1-3H3,(H,15,19). The van der Waals surface area contributed by atoms with E-state index in [1.165, 1.54) is 18.2 Å². The number of rotatable bonds is 6. The minimum atomic E-state index is -0.372. The van der Waals surface area contributed by atoms with Crippen molar-refractivity contribution >= 4 is 5.91 Å². The van der Waals surface area contributed by atoms with Crippen LogP contribution >= 0.6 is 0 Å². The molecule has 1 aromatic rings. The predicted octanol–water partition coefficient (Wildman–Crippen LogP) is 1.66. The van der Waals surface area contributed by atoms with Crippen LogP contribution < -0.4 is 10.6 Å². The van der Waals surface area contributed by atoms with Gasteiger partial charge in [0.1, 0.15) is 11.5 Å². The van der Waals surface area contributed by atoms with Crippen LogP contribution in [-0.2, 0) is 4.79 Å². The van der Waals surface area contributed by atoms with E-state index >= 15 is 0 Å². The van der Waals surface area contributed by atoms with Crippen LogP contribution in [0.2, 0.25) is 0 Å². The van der Waals surface area contributed by atoms with Gasteiger partial charge in [0, 0.05) is 18.2 Å².